The molecule has 2 amide bonds. The predicted octanol–water partition coefficient (Wildman–Crippen LogP) is 4.35. The van der Waals surface area contributed by atoms with Crippen molar-refractivity contribution in [2.75, 3.05) is 23.7 Å². The second-order valence-electron chi connectivity index (χ2n) is 7.76. The summed E-state index contributed by atoms with van der Waals surface area (Å²) in [4.78, 5) is 32.1. The van der Waals surface area contributed by atoms with Gasteiger partial charge in [-0.1, -0.05) is 23.2 Å². The van der Waals surface area contributed by atoms with Crippen molar-refractivity contribution < 1.29 is 9.59 Å². The van der Waals surface area contributed by atoms with Gasteiger partial charge in [0.05, 0.1) is 16.3 Å². The van der Waals surface area contributed by atoms with Crippen LogP contribution in [0.3, 0.4) is 0 Å². The van der Waals surface area contributed by atoms with E-state index in [-0.39, 0.29) is 17.7 Å². The van der Waals surface area contributed by atoms with Gasteiger partial charge in [0, 0.05) is 18.2 Å². The molecule has 0 unspecified atom stereocenters. The fourth-order valence-corrected chi connectivity index (χ4v) is 3.61. The molecule has 3 rings (SSSR count). The highest BCUT2D eigenvalue weighted by molar-refractivity contribution is 6.30. The van der Waals surface area contributed by atoms with Crippen molar-refractivity contribution in [2.24, 2.45) is 5.92 Å². The van der Waals surface area contributed by atoms with Crippen molar-refractivity contribution in [2.45, 2.75) is 39.7 Å². The predicted molar refractivity (Wildman–Crippen MR) is 116 cm³/mol. The molecule has 2 N–H and O–H groups in total. The van der Waals surface area contributed by atoms with Crippen molar-refractivity contribution in [3.05, 3.63) is 52.7 Å². The van der Waals surface area contributed by atoms with Crippen LogP contribution < -0.4 is 10.6 Å². The first-order chi connectivity index (χ1) is 13.8. The van der Waals surface area contributed by atoms with E-state index in [1.165, 1.54) is 6.20 Å². The van der Waals surface area contributed by atoms with Crippen molar-refractivity contribution in [1.29, 1.82) is 0 Å². The summed E-state index contributed by atoms with van der Waals surface area (Å²) in [6.45, 7) is 8.09. The SMILES string of the molecule is Cc1ccc(NC(=O)C2CCN(C(C)C)CC2)c(C(=O)Nc2ccc(Cl)cn2)c1. The number of halogens is 1. The van der Waals surface area contributed by atoms with E-state index < -0.39 is 0 Å². The third-order valence-electron chi connectivity index (χ3n) is 5.28. The van der Waals surface area contributed by atoms with Crippen molar-refractivity contribution >= 4 is 34.9 Å². The molecule has 0 spiro atoms. The summed E-state index contributed by atoms with van der Waals surface area (Å²) in [7, 11) is 0. The number of nitrogens with zero attached hydrogens (tertiary/aromatic N) is 2. The van der Waals surface area contributed by atoms with Gasteiger partial charge in [-0.05, 0) is 71.0 Å². The lowest BCUT2D eigenvalue weighted by Gasteiger charge is -2.34. The molecule has 154 valence electrons. The highest BCUT2D eigenvalue weighted by Gasteiger charge is 2.27. The maximum absolute atomic E-state index is 12.8. The molecule has 1 saturated heterocycles. The van der Waals surface area contributed by atoms with E-state index in [0.717, 1.165) is 31.5 Å². The molecule has 0 bridgehead atoms. The number of anilines is 2. The lowest BCUT2D eigenvalue weighted by Crippen LogP contribution is -2.41. The molecule has 0 saturated carbocycles. The van der Waals surface area contributed by atoms with Crippen LogP contribution in [-0.2, 0) is 4.79 Å². The van der Waals surface area contributed by atoms with Gasteiger partial charge >= 0.3 is 0 Å². The number of nitrogens with one attached hydrogen (secondary N) is 2. The topological polar surface area (TPSA) is 74.3 Å². The Hall–Kier alpha value is -2.44. The molecule has 1 aliphatic heterocycles. The summed E-state index contributed by atoms with van der Waals surface area (Å²) in [5.41, 5.74) is 1.86. The molecule has 7 heteroatoms. The molecule has 1 aromatic carbocycles. The second kappa shape index (κ2) is 9.37. The number of amides is 2. The Labute approximate surface area is 176 Å². The number of carbonyl (C=O) groups is 2. The fraction of sp³-hybridized carbons (Fsp3) is 0.409. The minimum atomic E-state index is -0.326. The second-order valence-corrected chi connectivity index (χ2v) is 8.19. The lowest BCUT2D eigenvalue weighted by molar-refractivity contribution is -0.121. The zero-order valence-electron chi connectivity index (χ0n) is 17.0. The Morgan fingerprint density at radius 2 is 1.86 bits per heavy atom. The number of benzene rings is 1. The minimum absolute atomic E-state index is 0.0315. The van der Waals surface area contributed by atoms with Crippen molar-refractivity contribution in [3.63, 3.8) is 0 Å². The van der Waals surface area contributed by atoms with Gasteiger partial charge in [0.1, 0.15) is 5.82 Å². The molecular formula is C22H27ClN4O2. The maximum Gasteiger partial charge on any atom is 0.258 e. The highest BCUT2D eigenvalue weighted by atomic mass is 35.5. The number of aromatic nitrogens is 1. The molecule has 0 aliphatic carbocycles. The quantitative estimate of drug-likeness (QED) is 0.762. The zero-order valence-corrected chi connectivity index (χ0v) is 17.8. The Kier molecular flexibility index (Phi) is 6.87. The monoisotopic (exact) mass is 414 g/mol. The Morgan fingerprint density at radius 1 is 1.14 bits per heavy atom. The number of likely N-dealkylation sites (tertiary alicyclic amines) is 1. The fourth-order valence-electron chi connectivity index (χ4n) is 3.50. The third kappa shape index (κ3) is 5.55. The normalized spacial score (nSPS) is 15.3. The minimum Gasteiger partial charge on any atom is -0.325 e. The van der Waals surface area contributed by atoms with Crippen LogP contribution >= 0.6 is 11.6 Å². The summed E-state index contributed by atoms with van der Waals surface area (Å²) < 4.78 is 0. The molecular weight excluding hydrogens is 388 g/mol. The number of rotatable bonds is 5. The smallest absolute Gasteiger partial charge is 0.258 e. The van der Waals surface area contributed by atoms with Crippen LogP contribution in [0, 0.1) is 12.8 Å². The van der Waals surface area contributed by atoms with Crippen molar-refractivity contribution in [3.8, 4) is 0 Å². The Balaban J connectivity index is 1.70. The lowest BCUT2D eigenvalue weighted by atomic mass is 9.95. The number of hydrogen-bond acceptors (Lipinski definition) is 4. The van der Waals surface area contributed by atoms with E-state index in [4.69, 9.17) is 11.6 Å². The van der Waals surface area contributed by atoms with Gasteiger partial charge in [-0.3, -0.25) is 9.59 Å². The summed E-state index contributed by atoms with van der Waals surface area (Å²) in [5.74, 6) is 0.00348. The van der Waals surface area contributed by atoms with Crippen LogP contribution in [0.15, 0.2) is 36.5 Å². The maximum atomic E-state index is 12.8. The molecule has 29 heavy (non-hydrogen) atoms. The number of pyridine rings is 1. The van der Waals surface area contributed by atoms with E-state index >= 15 is 0 Å². The van der Waals surface area contributed by atoms with Gasteiger partial charge in [0.2, 0.25) is 5.91 Å². The number of hydrogen-bond donors (Lipinski definition) is 2. The molecule has 0 atom stereocenters. The summed E-state index contributed by atoms with van der Waals surface area (Å²) >= 11 is 5.84. The molecule has 1 aliphatic rings. The van der Waals surface area contributed by atoms with Crippen LogP contribution in [0.2, 0.25) is 5.02 Å². The van der Waals surface area contributed by atoms with Crippen LogP contribution in [0.4, 0.5) is 11.5 Å². The summed E-state index contributed by atoms with van der Waals surface area (Å²) in [6, 6.07) is 9.22. The number of carbonyl (C=O) groups excluding carboxylic acids is 2. The van der Waals surface area contributed by atoms with Gasteiger partial charge in [0.25, 0.3) is 5.91 Å². The van der Waals surface area contributed by atoms with Crippen LogP contribution in [0.1, 0.15) is 42.6 Å². The van der Waals surface area contributed by atoms with E-state index in [9.17, 15) is 9.59 Å². The third-order valence-corrected chi connectivity index (χ3v) is 5.50. The van der Waals surface area contributed by atoms with Gasteiger partial charge in [-0.15, -0.1) is 0 Å². The summed E-state index contributed by atoms with van der Waals surface area (Å²) in [5, 5.41) is 6.22. The number of aryl methyl sites for hydroxylation is 1. The molecule has 0 radical (unpaired) electrons. The van der Waals surface area contributed by atoms with E-state index in [0.29, 0.717) is 28.1 Å². The first-order valence-corrected chi connectivity index (χ1v) is 10.3. The molecule has 6 nitrogen and oxygen atoms in total. The van der Waals surface area contributed by atoms with Gasteiger partial charge in [0.15, 0.2) is 0 Å². The highest BCUT2D eigenvalue weighted by Crippen LogP contribution is 2.24. The van der Waals surface area contributed by atoms with Gasteiger partial charge < -0.3 is 15.5 Å². The average molecular weight is 415 g/mol. The largest absolute Gasteiger partial charge is 0.325 e. The Morgan fingerprint density at radius 3 is 2.48 bits per heavy atom. The van der Waals surface area contributed by atoms with E-state index in [1.807, 2.05) is 13.0 Å². The van der Waals surface area contributed by atoms with Gasteiger partial charge in [-0.2, -0.15) is 0 Å². The van der Waals surface area contributed by atoms with E-state index in [1.54, 1.807) is 24.3 Å². The van der Waals surface area contributed by atoms with E-state index in [2.05, 4.69) is 34.4 Å². The average Bonchev–Trinajstić information content (AvgIpc) is 2.71. The Bertz CT molecular complexity index is 875. The zero-order chi connectivity index (χ0) is 21.0. The molecule has 1 fully saturated rings. The van der Waals surface area contributed by atoms with Gasteiger partial charge in [-0.25, -0.2) is 4.98 Å². The number of piperidine rings is 1. The molecule has 2 aromatic rings. The van der Waals surface area contributed by atoms with Crippen LogP contribution in [-0.4, -0.2) is 40.8 Å². The van der Waals surface area contributed by atoms with Crippen LogP contribution in [0.5, 0.6) is 0 Å². The van der Waals surface area contributed by atoms with Crippen LogP contribution in [0.25, 0.3) is 0 Å². The van der Waals surface area contributed by atoms with Crippen molar-refractivity contribution in [1.82, 2.24) is 9.88 Å². The first kappa shape index (κ1) is 21.3. The molecule has 1 aromatic heterocycles. The summed E-state index contributed by atoms with van der Waals surface area (Å²) in [6.07, 6.45) is 3.12. The first-order valence-electron chi connectivity index (χ1n) is 9.92. The standard InChI is InChI=1S/C22H27ClN4O2/c1-14(2)27-10-8-16(9-11-27)21(28)25-19-6-4-15(3)12-18(19)22(29)26-20-7-5-17(23)13-24-20/h4-7,12-14,16H,8-11H2,1-3H3,(H,25,28)(H,24,26,29). The molecule has 2 heterocycles.